The Balaban J connectivity index is 1.56. The number of hydrogen-bond donors (Lipinski definition) is 1. The highest BCUT2D eigenvalue weighted by atomic mass is 32.2. The van der Waals surface area contributed by atoms with Gasteiger partial charge in [0, 0.05) is 35.8 Å². The Morgan fingerprint density at radius 2 is 1.72 bits per heavy atom. The molecule has 2 heterocycles. The van der Waals surface area contributed by atoms with Gasteiger partial charge in [-0.05, 0) is 49.9 Å². The molecule has 0 amide bonds. The smallest absolute Gasteiger partial charge is 0.246 e. The van der Waals surface area contributed by atoms with Gasteiger partial charge in [-0.15, -0.1) is 0 Å². The van der Waals surface area contributed by atoms with Crippen molar-refractivity contribution in [3.8, 4) is 11.3 Å². The van der Waals surface area contributed by atoms with E-state index in [9.17, 15) is 17.2 Å². The van der Waals surface area contributed by atoms with Crippen molar-refractivity contribution < 1.29 is 17.2 Å². The SMILES string of the molecule is O=S(=O)(NCCn1nc(-c2ccncc2)c2c1CCCC2)c1c(F)cccc1F. The predicted octanol–water partition coefficient (Wildman–Crippen LogP) is 3.08. The average molecular weight is 418 g/mol. The lowest BCUT2D eigenvalue weighted by Gasteiger charge is -2.15. The highest BCUT2D eigenvalue weighted by molar-refractivity contribution is 7.89. The van der Waals surface area contributed by atoms with E-state index in [1.807, 2.05) is 12.1 Å². The lowest BCUT2D eigenvalue weighted by atomic mass is 9.94. The lowest BCUT2D eigenvalue weighted by Crippen LogP contribution is -2.29. The third-order valence-electron chi connectivity index (χ3n) is 5.01. The molecule has 29 heavy (non-hydrogen) atoms. The molecule has 0 fully saturated rings. The topological polar surface area (TPSA) is 76.9 Å². The third-order valence-corrected chi connectivity index (χ3v) is 6.53. The molecule has 0 saturated carbocycles. The molecule has 0 radical (unpaired) electrons. The second-order valence-corrected chi connectivity index (χ2v) is 8.59. The van der Waals surface area contributed by atoms with Crippen LogP contribution in [0.2, 0.25) is 0 Å². The quantitative estimate of drug-likeness (QED) is 0.668. The van der Waals surface area contributed by atoms with Crippen LogP contribution < -0.4 is 4.72 Å². The monoisotopic (exact) mass is 418 g/mol. The highest BCUT2D eigenvalue weighted by Crippen LogP contribution is 2.31. The average Bonchev–Trinajstić information content (AvgIpc) is 3.07. The first-order valence-electron chi connectivity index (χ1n) is 9.40. The number of nitrogens with one attached hydrogen (secondary N) is 1. The van der Waals surface area contributed by atoms with E-state index in [-0.39, 0.29) is 13.1 Å². The number of aromatic nitrogens is 3. The molecule has 0 unspecified atom stereocenters. The van der Waals surface area contributed by atoms with Gasteiger partial charge in [-0.25, -0.2) is 21.9 Å². The van der Waals surface area contributed by atoms with Crippen LogP contribution in [0.15, 0.2) is 47.6 Å². The largest absolute Gasteiger partial charge is 0.267 e. The summed E-state index contributed by atoms with van der Waals surface area (Å²) in [7, 11) is -4.31. The van der Waals surface area contributed by atoms with E-state index in [0.29, 0.717) is 0 Å². The number of pyridine rings is 1. The van der Waals surface area contributed by atoms with Crippen LogP contribution in [0.4, 0.5) is 8.78 Å². The first kappa shape index (κ1) is 19.7. The van der Waals surface area contributed by atoms with Crippen molar-refractivity contribution in [3.05, 3.63) is 65.6 Å². The number of sulfonamides is 1. The van der Waals surface area contributed by atoms with Gasteiger partial charge in [-0.2, -0.15) is 5.10 Å². The van der Waals surface area contributed by atoms with Crippen molar-refractivity contribution in [2.24, 2.45) is 0 Å². The zero-order valence-corrected chi connectivity index (χ0v) is 16.4. The van der Waals surface area contributed by atoms with E-state index in [4.69, 9.17) is 5.10 Å². The molecule has 1 N–H and O–H groups in total. The number of fused-ring (bicyclic) bond motifs is 1. The molecule has 0 saturated heterocycles. The lowest BCUT2D eigenvalue weighted by molar-refractivity contribution is 0.507. The second-order valence-electron chi connectivity index (χ2n) is 6.89. The molecule has 3 aromatic rings. The van der Waals surface area contributed by atoms with Crippen molar-refractivity contribution in [1.29, 1.82) is 0 Å². The maximum Gasteiger partial charge on any atom is 0.246 e. The summed E-state index contributed by atoms with van der Waals surface area (Å²) in [6.45, 7) is 0.239. The molecule has 4 rings (SSSR count). The van der Waals surface area contributed by atoms with Gasteiger partial charge in [-0.1, -0.05) is 6.07 Å². The van der Waals surface area contributed by atoms with E-state index in [1.165, 1.54) is 5.56 Å². The van der Waals surface area contributed by atoms with Gasteiger partial charge in [0.2, 0.25) is 10.0 Å². The second kappa shape index (κ2) is 8.00. The molecule has 1 aromatic carbocycles. The van der Waals surface area contributed by atoms with Crippen molar-refractivity contribution in [2.45, 2.75) is 37.1 Å². The van der Waals surface area contributed by atoms with Gasteiger partial charge in [-0.3, -0.25) is 9.67 Å². The van der Waals surface area contributed by atoms with Crippen LogP contribution in [-0.4, -0.2) is 29.7 Å². The molecule has 0 spiro atoms. The summed E-state index contributed by atoms with van der Waals surface area (Å²) in [5.41, 5.74) is 4.10. The van der Waals surface area contributed by atoms with Crippen molar-refractivity contribution in [1.82, 2.24) is 19.5 Å². The molecule has 1 aliphatic carbocycles. The van der Waals surface area contributed by atoms with Gasteiger partial charge in [0.1, 0.15) is 11.6 Å². The summed E-state index contributed by atoms with van der Waals surface area (Å²) in [4.78, 5) is 3.08. The zero-order chi connectivity index (χ0) is 20.4. The normalized spacial score (nSPS) is 14.0. The minimum Gasteiger partial charge on any atom is -0.267 e. The number of benzene rings is 1. The van der Waals surface area contributed by atoms with Crippen LogP contribution in [-0.2, 0) is 29.4 Å². The molecule has 1 aliphatic rings. The Morgan fingerprint density at radius 1 is 1.03 bits per heavy atom. The van der Waals surface area contributed by atoms with Gasteiger partial charge < -0.3 is 0 Å². The van der Waals surface area contributed by atoms with Crippen molar-refractivity contribution in [2.75, 3.05) is 6.54 Å². The maximum absolute atomic E-state index is 13.8. The van der Waals surface area contributed by atoms with E-state index >= 15 is 0 Å². The summed E-state index contributed by atoms with van der Waals surface area (Å²) in [6, 6.07) is 6.75. The molecule has 152 valence electrons. The summed E-state index contributed by atoms with van der Waals surface area (Å²) >= 11 is 0. The first-order chi connectivity index (χ1) is 14.0. The number of rotatable bonds is 6. The molecule has 0 bridgehead atoms. The third kappa shape index (κ3) is 3.92. The van der Waals surface area contributed by atoms with Crippen LogP contribution in [0.1, 0.15) is 24.1 Å². The molecular formula is C20H20F2N4O2S. The molecule has 6 nitrogen and oxygen atoms in total. The Morgan fingerprint density at radius 3 is 2.45 bits per heavy atom. The number of halogens is 2. The number of hydrogen-bond acceptors (Lipinski definition) is 4. The summed E-state index contributed by atoms with van der Waals surface area (Å²) < 4.78 is 56.4. The van der Waals surface area contributed by atoms with Crippen molar-refractivity contribution in [3.63, 3.8) is 0 Å². The van der Waals surface area contributed by atoms with Crippen LogP contribution in [0.5, 0.6) is 0 Å². The summed E-state index contributed by atoms with van der Waals surface area (Å²) in [6.07, 6.45) is 7.32. The van der Waals surface area contributed by atoms with E-state index in [0.717, 1.165) is 60.8 Å². The minimum absolute atomic E-state index is 0.0278. The maximum atomic E-state index is 13.8. The molecule has 0 aliphatic heterocycles. The molecule has 2 aromatic heterocycles. The fourth-order valence-electron chi connectivity index (χ4n) is 3.69. The van der Waals surface area contributed by atoms with Gasteiger partial charge >= 0.3 is 0 Å². The van der Waals surface area contributed by atoms with E-state index in [1.54, 1.807) is 17.1 Å². The van der Waals surface area contributed by atoms with Gasteiger partial charge in [0.25, 0.3) is 0 Å². The van der Waals surface area contributed by atoms with Crippen LogP contribution in [0, 0.1) is 11.6 Å². The first-order valence-corrected chi connectivity index (χ1v) is 10.9. The Hall–Kier alpha value is -2.65. The highest BCUT2D eigenvalue weighted by Gasteiger charge is 2.25. The van der Waals surface area contributed by atoms with Crippen LogP contribution in [0.3, 0.4) is 0 Å². The van der Waals surface area contributed by atoms with E-state index in [2.05, 4.69) is 9.71 Å². The Kier molecular flexibility index (Phi) is 5.42. The summed E-state index contributed by atoms with van der Waals surface area (Å²) in [5, 5.41) is 4.70. The van der Waals surface area contributed by atoms with Gasteiger partial charge in [0.15, 0.2) is 4.90 Å². The van der Waals surface area contributed by atoms with Crippen molar-refractivity contribution >= 4 is 10.0 Å². The molecule has 0 atom stereocenters. The number of nitrogens with zero attached hydrogens (tertiary/aromatic N) is 3. The molecule has 9 heteroatoms. The summed E-state index contributed by atoms with van der Waals surface area (Å²) in [5.74, 6) is -2.23. The standard InChI is InChI=1S/C20H20F2N4O2S/c21-16-5-3-6-17(22)20(16)29(27,28)24-12-13-26-18-7-2-1-4-15(18)19(25-26)14-8-10-23-11-9-14/h3,5-6,8-11,24H,1-2,4,7,12-13H2. The Bertz CT molecular complexity index is 1110. The fourth-order valence-corrected chi connectivity index (χ4v) is 4.85. The van der Waals surface area contributed by atoms with Crippen LogP contribution >= 0.6 is 0 Å². The zero-order valence-electron chi connectivity index (χ0n) is 15.6. The molecular weight excluding hydrogens is 398 g/mol. The minimum atomic E-state index is -4.31. The van der Waals surface area contributed by atoms with Gasteiger partial charge in [0.05, 0.1) is 12.2 Å². The van der Waals surface area contributed by atoms with E-state index < -0.39 is 26.6 Å². The Labute approximate surface area is 167 Å². The fraction of sp³-hybridized carbons (Fsp3) is 0.300. The predicted molar refractivity (Wildman–Crippen MR) is 104 cm³/mol. The van der Waals surface area contributed by atoms with Crippen LogP contribution in [0.25, 0.3) is 11.3 Å².